The Labute approximate surface area is 173 Å². The highest BCUT2D eigenvalue weighted by atomic mass is 16.5. The normalized spacial score (nSPS) is 14.2. The second-order valence-electron chi connectivity index (χ2n) is 7.80. The molecule has 1 aromatic carbocycles. The van der Waals surface area contributed by atoms with Crippen LogP contribution in [0.1, 0.15) is 48.5 Å². The Kier molecular flexibility index (Phi) is 6.95. The number of aromatic nitrogens is 1. The van der Waals surface area contributed by atoms with E-state index in [9.17, 15) is 10.1 Å². The number of likely N-dealkylation sites (N-methyl/N-ethyl adjacent to an activating group) is 1. The summed E-state index contributed by atoms with van der Waals surface area (Å²) in [5.74, 6) is 1.37. The maximum absolute atomic E-state index is 12.7. The summed E-state index contributed by atoms with van der Waals surface area (Å²) in [5, 5.41) is 12.7. The van der Waals surface area contributed by atoms with Gasteiger partial charge in [-0.1, -0.05) is 31.0 Å². The van der Waals surface area contributed by atoms with Gasteiger partial charge in [0.25, 0.3) is 0 Å². The summed E-state index contributed by atoms with van der Waals surface area (Å²) in [6.07, 6.45) is 4.58. The third-order valence-electron chi connectivity index (χ3n) is 5.71. The number of rotatable bonds is 8. The zero-order chi connectivity index (χ0) is 20.8. The zero-order valence-corrected chi connectivity index (χ0v) is 17.6. The maximum atomic E-state index is 12.7. The quantitative estimate of drug-likeness (QED) is 0.733. The number of para-hydroxylation sites is 1. The van der Waals surface area contributed by atoms with E-state index in [1.165, 1.54) is 12.8 Å². The molecule has 1 aliphatic rings. The Balaban J connectivity index is 1.61. The lowest BCUT2D eigenvalue weighted by atomic mass is 10.2. The van der Waals surface area contributed by atoms with Crippen LogP contribution in [0.15, 0.2) is 30.3 Å². The van der Waals surface area contributed by atoms with Crippen LogP contribution < -0.4 is 10.1 Å². The fourth-order valence-corrected chi connectivity index (χ4v) is 4.04. The number of carbonyl (C=O) groups excluding carboxylic acids is 1. The van der Waals surface area contributed by atoms with Crippen LogP contribution in [0.25, 0.3) is 0 Å². The van der Waals surface area contributed by atoms with E-state index < -0.39 is 0 Å². The van der Waals surface area contributed by atoms with Crippen LogP contribution in [0.5, 0.6) is 5.75 Å². The highest BCUT2D eigenvalue weighted by molar-refractivity contribution is 5.93. The van der Waals surface area contributed by atoms with Gasteiger partial charge in [-0.25, -0.2) is 0 Å². The van der Waals surface area contributed by atoms with E-state index >= 15 is 0 Å². The summed E-state index contributed by atoms with van der Waals surface area (Å²) < 4.78 is 7.88. The van der Waals surface area contributed by atoms with Crippen molar-refractivity contribution in [3.8, 4) is 11.8 Å². The Morgan fingerprint density at radius 3 is 2.62 bits per heavy atom. The number of nitriles is 1. The molecule has 0 radical (unpaired) electrons. The van der Waals surface area contributed by atoms with Crippen LogP contribution in [0.2, 0.25) is 0 Å². The van der Waals surface area contributed by atoms with E-state index in [1.807, 2.05) is 56.1 Å². The first-order valence-corrected chi connectivity index (χ1v) is 10.3. The highest BCUT2D eigenvalue weighted by Gasteiger charge is 2.26. The number of carbonyl (C=O) groups is 1. The van der Waals surface area contributed by atoms with Crippen molar-refractivity contribution in [2.24, 2.45) is 0 Å². The number of anilines is 1. The largest absolute Gasteiger partial charge is 0.492 e. The van der Waals surface area contributed by atoms with Gasteiger partial charge in [0, 0.05) is 18.3 Å². The van der Waals surface area contributed by atoms with Crippen molar-refractivity contribution >= 4 is 11.7 Å². The molecule has 1 heterocycles. The molecule has 0 saturated heterocycles. The number of ether oxygens (including phenoxy) is 1. The predicted octanol–water partition coefficient (Wildman–Crippen LogP) is 4.04. The predicted molar refractivity (Wildman–Crippen MR) is 114 cm³/mol. The van der Waals surface area contributed by atoms with Crippen molar-refractivity contribution < 1.29 is 9.53 Å². The first-order valence-electron chi connectivity index (χ1n) is 10.3. The number of nitrogens with zero attached hydrogens (tertiary/aromatic N) is 3. The first-order chi connectivity index (χ1) is 14.0. The van der Waals surface area contributed by atoms with Gasteiger partial charge in [-0.3, -0.25) is 9.69 Å². The smallest absolute Gasteiger partial charge is 0.239 e. The van der Waals surface area contributed by atoms with Crippen LogP contribution in [0, 0.1) is 25.2 Å². The SMILES string of the molecule is Cc1c(C#N)c(NC(=O)CN(C)CCOc2ccccc2)n(C2CCCC2)c1C. The molecule has 1 aromatic heterocycles. The van der Waals surface area contributed by atoms with E-state index in [4.69, 9.17) is 4.74 Å². The zero-order valence-electron chi connectivity index (χ0n) is 17.6. The molecular formula is C23H30N4O2. The molecule has 0 atom stereocenters. The van der Waals surface area contributed by atoms with Crippen LogP contribution in [-0.2, 0) is 4.79 Å². The van der Waals surface area contributed by atoms with Crippen LogP contribution in [0.3, 0.4) is 0 Å². The molecule has 29 heavy (non-hydrogen) atoms. The van der Waals surface area contributed by atoms with Crippen molar-refractivity contribution in [3.05, 3.63) is 47.2 Å². The van der Waals surface area contributed by atoms with Gasteiger partial charge in [0.2, 0.25) is 5.91 Å². The third kappa shape index (κ3) is 4.99. The fourth-order valence-electron chi connectivity index (χ4n) is 4.04. The summed E-state index contributed by atoms with van der Waals surface area (Å²) in [4.78, 5) is 14.6. The second kappa shape index (κ2) is 9.62. The van der Waals surface area contributed by atoms with Crippen molar-refractivity contribution in [2.75, 3.05) is 32.1 Å². The molecule has 0 aliphatic heterocycles. The van der Waals surface area contributed by atoms with Gasteiger partial charge in [0.05, 0.1) is 12.1 Å². The Bertz CT molecular complexity index is 877. The van der Waals surface area contributed by atoms with Crippen molar-refractivity contribution in [3.63, 3.8) is 0 Å². The molecule has 1 aliphatic carbocycles. The van der Waals surface area contributed by atoms with E-state index in [-0.39, 0.29) is 12.5 Å². The van der Waals surface area contributed by atoms with Gasteiger partial charge in [0.15, 0.2) is 0 Å². The molecule has 1 fully saturated rings. The Morgan fingerprint density at radius 1 is 1.28 bits per heavy atom. The molecular weight excluding hydrogens is 364 g/mol. The molecule has 0 unspecified atom stereocenters. The molecule has 1 saturated carbocycles. The second-order valence-corrected chi connectivity index (χ2v) is 7.80. The number of hydrogen-bond donors (Lipinski definition) is 1. The first kappa shape index (κ1) is 20.9. The minimum atomic E-state index is -0.111. The molecule has 6 heteroatoms. The molecule has 0 spiro atoms. The van der Waals surface area contributed by atoms with Gasteiger partial charge >= 0.3 is 0 Å². The molecule has 1 amide bonds. The van der Waals surface area contributed by atoms with Crippen molar-refractivity contribution in [2.45, 2.75) is 45.6 Å². The molecule has 154 valence electrons. The molecule has 2 aromatic rings. The average molecular weight is 395 g/mol. The maximum Gasteiger partial charge on any atom is 0.239 e. The summed E-state index contributed by atoms with van der Waals surface area (Å²) in [5.41, 5.74) is 2.62. The van der Waals surface area contributed by atoms with Crippen LogP contribution >= 0.6 is 0 Å². The number of nitrogens with one attached hydrogen (secondary N) is 1. The highest BCUT2D eigenvalue weighted by Crippen LogP contribution is 2.37. The van der Waals surface area contributed by atoms with Crippen molar-refractivity contribution in [1.82, 2.24) is 9.47 Å². The van der Waals surface area contributed by atoms with Gasteiger partial charge in [0.1, 0.15) is 24.2 Å². The van der Waals surface area contributed by atoms with Gasteiger partial charge in [-0.2, -0.15) is 5.26 Å². The summed E-state index contributed by atoms with van der Waals surface area (Å²) >= 11 is 0. The number of benzene rings is 1. The lowest BCUT2D eigenvalue weighted by molar-refractivity contribution is -0.117. The topological polar surface area (TPSA) is 70.3 Å². The minimum absolute atomic E-state index is 0.111. The molecule has 6 nitrogen and oxygen atoms in total. The lowest BCUT2D eigenvalue weighted by Crippen LogP contribution is -2.33. The Hall–Kier alpha value is -2.78. The fraction of sp³-hybridized carbons (Fsp3) is 0.478. The Morgan fingerprint density at radius 2 is 1.97 bits per heavy atom. The molecule has 0 bridgehead atoms. The third-order valence-corrected chi connectivity index (χ3v) is 5.71. The molecule has 1 N–H and O–H groups in total. The lowest BCUT2D eigenvalue weighted by Gasteiger charge is -2.21. The monoisotopic (exact) mass is 394 g/mol. The number of hydrogen-bond acceptors (Lipinski definition) is 4. The average Bonchev–Trinajstić information content (AvgIpc) is 3.30. The van der Waals surface area contributed by atoms with E-state index in [2.05, 4.69) is 16.0 Å². The summed E-state index contributed by atoms with van der Waals surface area (Å²) in [7, 11) is 1.89. The van der Waals surface area contributed by atoms with E-state index in [0.717, 1.165) is 29.8 Å². The van der Waals surface area contributed by atoms with Crippen molar-refractivity contribution in [1.29, 1.82) is 5.26 Å². The van der Waals surface area contributed by atoms with Crippen LogP contribution in [-0.4, -0.2) is 42.1 Å². The van der Waals surface area contributed by atoms with E-state index in [0.29, 0.717) is 30.6 Å². The number of amides is 1. The van der Waals surface area contributed by atoms with Crippen LogP contribution in [0.4, 0.5) is 5.82 Å². The summed E-state index contributed by atoms with van der Waals surface area (Å²) in [6.45, 7) is 5.39. The van der Waals surface area contributed by atoms with E-state index in [1.54, 1.807) is 0 Å². The van der Waals surface area contributed by atoms with Gasteiger partial charge in [-0.05, 0) is 51.4 Å². The standard InChI is InChI=1S/C23H30N4O2/c1-17-18(2)27(19-9-7-8-10-19)23(21(17)15-24)25-22(28)16-26(3)13-14-29-20-11-5-4-6-12-20/h4-6,11-12,19H,7-10,13-14,16H2,1-3H3,(H,25,28). The van der Waals surface area contributed by atoms with Gasteiger partial charge in [-0.15, -0.1) is 0 Å². The molecule has 3 rings (SSSR count). The van der Waals surface area contributed by atoms with Gasteiger partial charge < -0.3 is 14.6 Å². The minimum Gasteiger partial charge on any atom is -0.492 e. The summed E-state index contributed by atoms with van der Waals surface area (Å²) in [6, 6.07) is 12.3.